The Morgan fingerprint density at radius 1 is 1.05 bits per heavy atom. The number of carbonyl (C=O) groups is 2. The molecule has 1 rings (SSSR count). The summed E-state index contributed by atoms with van der Waals surface area (Å²) in [5.41, 5.74) is 2.45. The van der Waals surface area contributed by atoms with Gasteiger partial charge in [0.05, 0.1) is 13.0 Å². The van der Waals surface area contributed by atoms with Gasteiger partial charge in [0.25, 0.3) is 0 Å². The van der Waals surface area contributed by atoms with Crippen molar-refractivity contribution in [2.24, 2.45) is 0 Å². The lowest BCUT2D eigenvalue weighted by molar-refractivity contribution is -0.143. The van der Waals surface area contributed by atoms with Crippen molar-refractivity contribution in [3.8, 4) is 0 Å². The highest BCUT2D eigenvalue weighted by Crippen LogP contribution is 2.07. The number of esters is 1. The Bertz CT molecular complexity index is 426. The first kappa shape index (κ1) is 16.2. The molecule has 1 N–H and O–H groups in total. The van der Waals surface area contributed by atoms with Crippen LogP contribution in [0.25, 0.3) is 0 Å². The van der Waals surface area contributed by atoms with Gasteiger partial charge in [0, 0.05) is 13.0 Å². The predicted octanol–water partition coefficient (Wildman–Crippen LogP) is 2.25. The van der Waals surface area contributed by atoms with E-state index >= 15 is 0 Å². The molecular weight excluding hydrogens is 254 g/mol. The topological polar surface area (TPSA) is 55.4 Å². The second-order valence-electron chi connectivity index (χ2n) is 4.58. The summed E-state index contributed by atoms with van der Waals surface area (Å²) in [5.74, 6) is -0.308. The van der Waals surface area contributed by atoms with Crippen molar-refractivity contribution in [2.45, 2.75) is 39.5 Å². The number of carbonyl (C=O) groups excluding carboxylic acids is 2. The molecule has 4 heteroatoms. The Labute approximate surface area is 120 Å². The third-order valence-electron chi connectivity index (χ3n) is 3.03. The van der Waals surface area contributed by atoms with Gasteiger partial charge < -0.3 is 10.1 Å². The second kappa shape index (κ2) is 9.13. The largest absolute Gasteiger partial charge is 0.466 e. The van der Waals surface area contributed by atoms with Crippen LogP contribution in [0.15, 0.2) is 24.3 Å². The van der Waals surface area contributed by atoms with Crippen LogP contribution < -0.4 is 5.32 Å². The van der Waals surface area contributed by atoms with E-state index in [0.717, 1.165) is 18.4 Å². The number of aryl methyl sites for hydroxylation is 2. The molecule has 1 amide bonds. The van der Waals surface area contributed by atoms with E-state index in [0.29, 0.717) is 19.6 Å². The van der Waals surface area contributed by atoms with E-state index < -0.39 is 0 Å². The number of hydrogen-bond acceptors (Lipinski definition) is 3. The third kappa shape index (κ3) is 6.36. The van der Waals surface area contributed by atoms with Crippen LogP contribution >= 0.6 is 0 Å². The lowest BCUT2D eigenvalue weighted by Gasteiger charge is -2.06. The van der Waals surface area contributed by atoms with Crippen LogP contribution in [-0.2, 0) is 27.2 Å². The SMILES string of the molecule is CCOC(=O)CCNC(=O)CCc1ccc(CC)cc1. The molecule has 0 radical (unpaired) electrons. The molecule has 0 spiro atoms. The quantitative estimate of drug-likeness (QED) is 0.741. The summed E-state index contributed by atoms with van der Waals surface area (Å²) in [7, 11) is 0. The van der Waals surface area contributed by atoms with Crippen molar-refractivity contribution >= 4 is 11.9 Å². The van der Waals surface area contributed by atoms with Gasteiger partial charge in [-0.1, -0.05) is 31.2 Å². The molecule has 0 heterocycles. The van der Waals surface area contributed by atoms with Crippen LogP contribution in [0.1, 0.15) is 37.8 Å². The number of hydrogen-bond donors (Lipinski definition) is 1. The number of rotatable bonds is 8. The highest BCUT2D eigenvalue weighted by Gasteiger charge is 2.05. The first-order valence-electron chi connectivity index (χ1n) is 7.15. The summed E-state index contributed by atoms with van der Waals surface area (Å²) < 4.78 is 4.78. The summed E-state index contributed by atoms with van der Waals surface area (Å²) in [4.78, 5) is 22.7. The highest BCUT2D eigenvalue weighted by molar-refractivity contribution is 5.77. The Kier molecular flexibility index (Phi) is 7.40. The van der Waals surface area contributed by atoms with Gasteiger partial charge in [0.1, 0.15) is 0 Å². The zero-order valence-electron chi connectivity index (χ0n) is 12.3. The van der Waals surface area contributed by atoms with Crippen LogP contribution in [0.4, 0.5) is 0 Å². The molecular formula is C16H23NO3. The van der Waals surface area contributed by atoms with Gasteiger partial charge in [-0.3, -0.25) is 9.59 Å². The number of nitrogens with one attached hydrogen (secondary N) is 1. The minimum atomic E-state index is -0.275. The summed E-state index contributed by atoms with van der Waals surface area (Å²) >= 11 is 0. The standard InChI is InChI=1S/C16H23NO3/c1-3-13-5-7-14(8-6-13)9-10-15(18)17-12-11-16(19)20-4-2/h5-8H,3-4,9-12H2,1-2H3,(H,17,18). The van der Waals surface area contributed by atoms with Crippen LogP contribution in [0.5, 0.6) is 0 Å². The minimum absolute atomic E-state index is 0.0335. The van der Waals surface area contributed by atoms with Crippen LogP contribution in [0.3, 0.4) is 0 Å². The molecule has 0 aromatic heterocycles. The maximum Gasteiger partial charge on any atom is 0.307 e. The Morgan fingerprint density at radius 2 is 1.70 bits per heavy atom. The maximum absolute atomic E-state index is 11.6. The van der Waals surface area contributed by atoms with E-state index in [4.69, 9.17) is 4.74 Å². The van der Waals surface area contributed by atoms with Crippen molar-refractivity contribution in [3.63, 3.8) is 0 Å². The van der Waals surface area contributed by atoms with Crippen LogP contribution in [-0.4, -0.2) is 25.0 Å². The van der Waals surface area contributed by atoms with Crippen molar-refractivity contribution in [2.75, 3.05) is 13.2 Å². The Hall–Kier alpha value is -1.84. The Balaban J connectivity index is 2.20. The first-order chi connectivity index (χ1) is 9.65. The fourth-order valence-corrected chi connectivity index (χ4v) is 1.83. The van der Waals surface area contributed by atoms with Gasteiger partial charge in [-0.2, -0.15) is 0 Å². The first-order valence-corrected chi connectivity index (χ1v) is 7.15. The van der Waals surface area contributed by atoms with Gasteiger partial charge >= 0.3 is 5.97 Å². The molecule has 1 aromatic rings. The molecule has 0 aliphatic rings. The van der Waals surface area contributed by atoms with Gasteiger partial charge in [-0.25, -0.2) is 0 Å². The molecule has 1 aromatic carbocycles. The number of amides is 1. The van der Waals surface area contributed by atoms with Crippen LogP contribution in [0, 0.1) is 0 Å². The number of benzene rings is 1. The van der Waals surface area contributed by atoms with E-state index in [2.05, 4.69) is 36.5 Å². The van der Waals surface area contributed by atoms with Crippen molar-refractivity contribution < 1.29 is 14.3 Å². The van der Waals surface area contributed by atoms with E-state index in [9.17, 15) is 9.59 Å². The lowest BCUT2D eigenvalue weighted by Crippen LogP contribution is -2.26. The maximum atomic E-state index is 11.6. The Morgan fingerprint density at radius 3 is 2.30 bits per heavy atom. The van der Waals surface area contributed by atoms with E-state index in [-0.39, 0.29) is 18.3 Å². The highest BCUT2D eigenvalue weighted by atomic mass is 16.5. The number of ether oxygens (including phenoxy) is 1. The summed E-state index contributed by atoms with van der Waals surface area (Å²) in [6.07, 6.45) is 2.41. The predicted molar refractivity (Wildman–Crippen MR) is 78.4 cm³/mol. The molecule has 20 heavy (non-hydrogen) atoms. The van der Waals surface area contributed by atoms with Gasteiger partial charge in [-0.15, -0.1) is 0 Å². The smallest absolute Gasteiger partial charge is 0.307 e. The van der Waals surface area contributed by atoms with E-state index in [1.165, 1.54) is 5.56 Å². The summed E-state index contributed by atoms with van der Waals surface area (Å²) in [5, 5.41) is 2.73. The minimum Gasteiger partial charge on any atom is -0.466 e. The normalized spacial score (nSPS) is 10.1. The zero-order valence-corrected chi connectivity index (χ0v) is 12.3. The molecule has 0 bridgehead atoms. The van der Waals surface area contributed by atoms with E-state index in [1.54, 1.807) is 6.92 Å². The lowest BCUT2D eigenvalue weighted by atomic mass is 10.1. The molecule has 0 saturated carbocycles. The van der Waals surface area contributed by atoms with Gasteiger partial charge in [0.2, 0.25) is 5.91 Å². The molecule has 110 valence electrons. The van der Waals surface area contributed by atoms with Gasteiger partial charge in [-0.05, 0) is 30.9 Å². The average Bonchev–Trinajstić information content (AvgIpc) is 2.46. The summed E-state index contributed by atoms with van der Waals surface area (Å²) in [6, 6.07) is 8.30. The van der Waals surface area contributed by atoms with Crippen LogP contribution in [0.2, 0.25) is 0 Å². The molecule has 0 atom stereocenters. The fourth-order valence-electron chi connectivity index (χ4n) is 1.83. The zero-order chi connectivity index (χ0) is 14.8. The van der Waals surface area contributed by atoms with Crippen molar-refractivity contribution in [3.05, 3.63) is 35.4 Å². The summed E-state index contributed by atoms with van der Waals surface area (Å²) in [6.45, 7) is 4.60. The third-order valence-corrected chi connectivity index (χ3v) is 3.03. The average molecular weight is 277 g/mol. The molecule has 0 saturated heterocycles. The second-order valence-corrected chi connectivity index (χ2v) is 4.58. The molecule has 0 fully saturated rings. The van der Waals surface area contributed by atoms with Crippen molar-refractivity contribution in [1.29, 1.82) is 0 Å². The molecule has 0 aliphatic carbocycles. The van der Waals surface area contributed by atoms with Crippen molar-refractivity contribution in [1.82, 2.24) is 5.32 Å². The van der Waals surface area contributed by atoms with Gasteiger partial charge in [0.15, 0.2) is 0 Å². The molecule has 0 unspecified atom stereocenters. The monoisotopic (exact) mass is 277 g/mol. The van der Waals surface area contributed by atoms with E-state index in [1.807, 2.05) is 0 Å². The molecule has 4 nitrogen and oxygen atoms in total. The molecule has 0 aliphatic heterocycles. The fraction of sp³-hybridized carbons (Fsp3) is 0.500.